The van der Waals surface area contributed by atoms with E-state index < -0.39 is 0 Å². The number of hydrogen-bond acceptors (Lipinski definition) is 5. The van der Waals surface area contributed by atoms with Crippen molar-refractivity contribution in [2.45, 2.75) is 44.6 Å². The largest absolute Gasteiger partial charge is 0.339 e. The molecule has 25 heavy (non-hydrogen) atoms. The topological polar surface area (TPSA) is 85.2 Å². The second-order valence-electron chi connectivity index (χ2n) is 7.32. The van der Waals surface area contributed by atoms with Crippen LogP contribution < -0.4 is 5.73 Å². The average molecular weight is 340 g/mol. The molecule has 0 spiro atoms. The maximum absolute atomic E-state index is 12.9. The van der Waals surface area contributed by atoms with Gasteiger partial charge >= 0.3 is 0 Å². The molecule has 0 radical (unpaired) electrons. The second kappa shape index (κ2) is 6.59. The van der Waals surface area contributed by atoms with Crippen LogP contribution in [0.3, 0.4) is 0 Å². The smallest absolute Gasteiger partial charge is 0.253 e. The quantitative estimate of drug-likeness (QED) is 0.925. The molecule has 1 aliphatic heterocycles. The van der Waals surface area contributed by atoms with Gasteiger partial charge in [0.25, 0.3) is 5.91 Å². The molecule has 6 nitrogen and oxygen atoms in total. The SMILES string of the molecule is CC(N)C1CCCN(C(=O)c2cccc(-c3noc(C4CC4)n3)c2)C1. The highest BCUT2D eigenvalue weighted by molar-refractivity contribution is 5.95. The van der Waals surface area contributed by atoms with Crippen LogP contribution in [0.2, 0.25) is 0 Å². The summed E-state index contributed by atoms with van der Waals surface area (Å²) >= 11 is 0. The summed E-state index contributed by atoms with van der Waals surface area (Å²) in [4.78, 5) is 19.3. The van der Waals surface area contributed by atoms with E-state index in [4.69, 9.17) is 10.3 Å². The molecule has 1 aliphatic carbocycles. The molecule has 2 heterocycles. The van der Waals surface area contributed by atoms with Crippen LogP contribution in [0.25, 0.3) is 11.4 Å². The third-order valence-corrected chi connectivity index (χ3v) is 5.22. The summed E-state index contributed by atoms with van der Waals surface area (Å²) < 4.78 is 5.33. The van der Waals surface area contributed by atoms with Crippen LogP contribution in [0.4, 0.5) is 0 Å². The number of benzene rings is 1. The number of carbonyl (C=O) groups is 1. The number of hydrogen-bond donors (Lipinski definition) is 1. The minimum atomic E-state index is 0.0538. The summed E-state index contributed by atoms with van der Waals surface area (Å²) in [5.41, 5.74) is 7.52. The van der Waals surface area contributed by atoms with Gasteiger partial charge in [0.1, 0.15) is 0 Å². The van der Waals surface area contributed by atoms with Gasteiger partial charge in [0.2, 0.25) is 11.7 Å². The van der Waals surface area contributed by atoms with Crippen molar-refractivity contribution in [1.82, 2.24) is 15.0 Å². The van der Waals surface area contributed by atoms with Crippen LogP contribution in [-0.4, -0.2) is 40.1 Å². The molecule has 132 valence electrons. The number of likely N-dealkylation sites (tertiary alicyclic amines) is 1. The van der Waals surface area contributed by atoms with E-state index >= 15 is 0 Å². The van der Waals surface area contributed by atoms with Crippen molar-refractivity contribution < 1.29 is 9.32 Å². The van der Waals surface area contributed by atoms with Gasteiger partial charge in [-0.15, -0.1) is 0 Å². The van der Waals surface area contributed by atoms with Crippen molar-refractivity contribution >= 4 is 5.91 Å². The number of rotatable bonds is 4. The number of nitrogens with two attached hydrogens (primary N) is 1. The van der Waals surface area contributed by atoms with Gasteiger partial charge < -0.3 is 15.2 Å². The molecule has 1 aromatic carbocycles. The molecule has 2 atom stereocenters. The highest BCUT2D eigenvalue weighted by atomic mass is 16.5. The lowest BCUT2D eigenvalue weighted by Crippen LogP contribution is -2.45. The highest BCUT2D eigenvalue weighted by Gasteiger charge is 2.30. The van der Waals surface area contributed by atoms with E-state index in [0.717, 1.165) is 44.3 Å². The van der Waals surface area contributed by atoms with E-state index in [9.17, 15) is 4.79 Å². The molecule has 1 amide bonds. The van der Waals surface area contributed by atoms with Crippen molar-refractivity contribution in [3.63, 3.8) is 0 Å². The predicted molar refractivity (Wildman–Crippen MR) is 94.0 cm³/mol. The molecular formula is C19H24N4O2. The average Bonchev–Trinajstić information content (AvgIpc) is 3.38. The predicted octanol–water partition coefficient (Wildman–Crippen LogP) is 2.81. The first-order valence-electron chi connectivity index (χ1n) is 9.10. The standard InChI is InChI=1S/C19H24N4O2/c1-12(20)16-6-3-9-23(11-16)19(24)15-5-2-4-14(10-15)17-21-18(25-22-17)13-7-8-13/h2,4-5,10,12-13,16H,3,6-9,11,20H2,1H3. The number of carbonyl (C=O) groups excluding carboxylic acids is 1. The first kappa shape index (κ1) is 16.3. The van der Waals surface area contributed by atoms with Gasteiger partial charge in [0.15, 0.2) is 0 Å². The number of piperidine rings is 1. The molecule has 2 aliphatic rings. The van der Waals surface area contributed by atoms with E-state index in [2.05, 4.69) is 10.1 Å². The molecule has 2 fully saturated rings. The van der Waals surface area contributed by atoms with Gasteiger partial charge in [-0.3, -0.25) is 4.79 Å². The lowest BCUT2D eigenvalue weighted by Gasteiger charge is -2.34. The van der Waals surface area contributed by atoms with Crippen molar-refractivity contribution in [2.75, 3.05) is 13.1 Å². The number of nitrogens with zero attached hydrogens (tertiary/aromatic N) is 3. The van der Waals surface area contributed by atoms with E-state index in [1.165, 1.54) is 0 Å². The van der Waals surface area contributed by atoms with Crippen molar-refractivity contribution in [2.24, 2.45) is 11.7 Å². The van der Waals surface area contributed by atoms with Crippen LogP contribution >= 0.6 is 0 Å². The minimum absolute atomic E-state index is 0.0538. The molecule has 2 unspecified atom stereocenters. The summed E-state index contributed by atoms with van der Waals surface area (Å²) in [5, 5.41) is 4.07. The highest BCUT2D eigenvalue weighted by Crippen LogP contribution is 2.39. The second-order valence-corrected chi connectivity index (χ2v) is 7.32. The van der Waals surface area contributed by atoms with Crippen LogP contribution in [0, 0.1) is 5.92 Å². The normalized spacial score (nSPS) is 22.0. The van der Waals surface area contributed by atoms with E-state index in [0.29, 0.717) is 29.1 Å². The zero-order valence-electron chi connectivity index (χ0n) is 14.5. The van der Waals surface area contributed by atoms with Crippen molar-refractivity contribution in [1.29, 1.82) is 0 Å². The molecule has 0 bridgehead atoms. The summed E-state index contributed by atoms with van der Waals surface area (Å²) in [7, 11) is 0. The van der Waals surface area contributed by atoms with Gasteiger partial charge in [0, 0.05) is 36.2 Å². The van der Waals surface area contributed by atoms with E-state index in [1.807, 2.05) is 36.1 Å². The van der Waals surface area contributed by atoms with Gasteiger partial charge in [0.05, 0.1) is 0 Å². The third kappa shape index (κ3) is 3.44. The molecule has 1 saturated carbocycles. The minimum Gasteiger partial charge on any atom is -0.339 e. The number of aromatic nitrogens is 2. The zero-order valence-corrected chi connectivity index (χ0v) is 14.5. The van der Waals surface area contributed by atoms with Crippen molar-refractivity contribution in [3.8, 4) is 11.4 Å². The van der Waals surface area contributed by atoms with Crippen molar-refractivity contribution in [3.05, 3.63) is 35.7 Å². The summed E-state index contributed by atoms with van der Waals surface area (Å²) in [6.07, 6.45) is 4.34. The Labute approximate surface area is 147 Å². The maximum atomic E-state index is 12.9. The fraction of sp³-hybridized carbons (Fsp3) is 0.526. The Morgan fingerprint density at radius 2 is 2.20 bits per heavy atom. The maximum Gasteiger partial charge on any atom is 0.253 e. The third-order valence-electron chi connectivity index (χ3n) is 5.22. The van der Waals surface area contributed by atoms with Crippen LogP contribution in [-0.2, 0) is 0 Å². The lowest BCUT2D eigenvalue weighted by atomic mass is 9.92. The number of amides is 1. The first-order chi connectivity index (χ1) is 12.1. The fourth-order valence-corrected chi connectivity index (χ4v) is 3.45. The Bertz CT molecular complexity index is 766. The van der Waals surface area contributed by atoms with Gasteiger partial charge in [-0.05, 0) is 50.7 Å². The Morgan fingerprint density at radius 3 is 2.96 bits per heavy atom. The van der Waals surface area contributed by atoms with Crippen LogP contribution in [0.5, 0.6) is 0 Å². The molecule has 4 rings (SSSR count). The Hall–Kier alpha value is -2.21. The van der Waals surface area contributed by atoms with Gasteiger partial charge in [-0.25, -0.2) is 0 Å². The zero-order chi connectivity index (χ0) is 17.4. The molecule has 1 aromatic heterocycles. The molecule has 2 aromatic rings. The summed E-state index contributed by atoms with van der Waals surface area (Å²) in [6.45, 7) is 3.54. The molecular weight excluding hydrogens is 316 g/mol. The van der Waals surface area contributed by atoms with Crippen LogP contribution in [0.1, 0.15) is 54.8 Å². The summed E-state index contributed by atoms with van der Waals surface area (Å²) in [5.74, 6) is 2.12. The van der Waals surface area contributed by atoms with E-state index in [-0.39, 0.29) is 11.9 Å². The van der Waals surface area contributed by atoms with E-state index in [1.54, 1.807) is 0 Å². The van der Waals surface area contributed by atoms with Gasteiger partial charge in [-0.1, -0.05) is 17.3 Å². The molecule has 2 N–H and O–H groups in total. The Morgan fingerprint density at radius 1 is 1.36 bits per heavy atom. The Balaban J connectivity index is 1.52. The lowest BCUT2D eigenvalue weighted by molar-refractivity contribution is 0.0661. The summed E-state index contributed by atoms with van der Waals surface area (Å²) in [6, 6.07) is 7.62. The fourth-order valence-electron chi connectivity index (χ4n) is 3.45. The molecule has 6 heteroatoms. The monoisotopic (exact) mass is 340 g/mol. The Kier molecular flexibility index (Phi) is 4.29. The molecule has 1 saturated heterocycles. The van der Waals surface area contributed by atoms with Crippen LogP contribution in [0.15, 0.2) is 28.8 Å². The first-order valence-corrected chi connectivity index (χ1v) is 9.10. The van der Waals surface area contributed by atoms with Gasteiger partial charge in [-0.2, -0.15) is 4.98 Å².